The molecule has 4 rings (SSSR count). The molecule has 16 heteroatoms. The Morgan fingerprint density at radius 1 is 1.26 bits per heavy atom. The van der Waals surface area contributed by atoms with E-state index >= 15 is 0 Å². The third-order valence-electron chi connectivity index (χ3n) is 7.20. The molecular weight excluding hydrogens is 601 g/mol. The number of hydrogen-bond acceptors (Lipinski definition) is 9. The molecule has 3 aliphatic rings. The van der Waals surface area contributed by atoms with Crippen molar-refractivity contribution < 1.29 is 39.9 Å². The number of amides is 1. The van der Waals surface area contributed by atoms with Crippen molar-refractivity contribution in [1.29, 1.82) is 0 Å². The van der Waals surface area contributed by atoms with Gasteiger partial charge in [-0.1, -0.05) is 0 Å². The van der Waals surface area contributed by atoms with Crippen molar-refractivity contribution in [2.24, 2.45) is 17.6 Å². The number of Topliss-reactive ketones (excluding diaryl/α,β-unsaturated/α-hetero) is 2. The molecule has 1 amide bonds. The zero-order valence-corrected chi connectivity index (χ0v) is 23.0. The molecule has 0 aromatic heterocycles. The Balaban J connectivity index is 0.000000732. The molecule has 1 saturated carbocycles. The van der Waals surface area contributed by atoms with Gasteiger partial charge in [0.05, 0.1) is 27.2 Å². The second-order valence-electron chi connectivity index (χ2n) is 9.69. The number of primary amides is 1. The quantitative estimate of drug-likeness (QED) is 0.125. The Morgan fingerprint density at radius 2 is 1.82 bits per heavy atom. The number of nitrogens with zero attached hydrogens (tertiary/aromatic N) is 1. The molecule has 7 radical (unpaired) electrons. The molecule has 7 N–H and O–H groups in total. The number of benzene rings is 1. The van der Waals surface area contributed by atoms with Gasteiger partial charge in [0, 0.05) is 48.1 Å². The predicted molar refractivity (Wildman–Crippen MR) is 152 cm³/mol. The molecule has 1 aromatic rings. The van der Waals surface area contributed by atoms with E-state index < -0.39 is 76.1 Å². The number of aliphatic hydroxyl groups is 4. The number of likely N-dealkylation sites (N-methyl/N-ethyl adjacent to an activating group) is 1. The molecule has 1 fully saturated rings. The number of hydrogen-bond donors (Lipinski definition) is 6. The fourth-order valence-electron chi connectivity index (χ4n) is 5.47. The molecule has 0 aliphatic heterocycles. The molecule has 0 saturated heterocycles. The van der Waals surface area contributed by atoms with Crippen molar-refractivity contribution >= 4 is 82.5 Å². The van der Waals surface area contributed by atoms with Crippen molar-refractivity contribution in [3.05, 3.63) is 43.2 Å². The summed E-state index contributed by atoms with van der Waals surface area (Å²) in [5.74, 6) is -8.17. The number of halogens is 1. The first-order valence-electron chi connectivity index (χ1n) is 11.4. The van der Waals surface area contributed by atoms with Crippen molar-refractivity contribution in [1.82, 2.24) is 4.90 Å². The second kappa shape index (κ2) is 10.8. The highest BCUT2D eigenvalue weighted by atomic mass is 127. The van der Waals surface area contributed by atoms with E-state index in [-0.39, 0.29) is 17.7 Å². The van der Waals surface area contributed by atoms with Crippen LogP contribution in [-0.2, 0) is 20.8 Å². The normalized spacial score (nSPS) is 28.2. The second-order valence-corrected chi connectivity index (χ2v) is 10.9. The first-order chi connectivity index (χ1) is 17.5. The fraction of sp³-hybridized carbons (Fsp3) is 0.409. The van der Waals surface area contributed by atoms with Gasteiger partial charge in [0.15, 0.2) is 11.4 Å². The largest absolute Gasteiger partial charge is 0.508 e. The Kier molecular flexibility index (Phi) is 8.62. The molecule has 38 heavy (non-hydrogen) atoms. The van der Waals surface area contributed by atoms with Gasteiger partial charge in [0.25, 0.3) is 5.91 Å². The number of carbonyl (C=O) groups excluding carboxylic acids is 3. The number of carbonyl (C=O) groups is 3. The maximum absolute atomic E-state index is 13.7. The Labute approximate surface area is 238 Å². The molecule has 0 spiro atoms. The summed E-state index contributed by atoms with van der Waals surface area (Å²) in [6, 6.07) is 0.338. The summed E-state index contributed by atoms with van der Waals surface area (Å²) in [7, 11) is 18.7. The molecule has 5 atom stereocenters. The Morgan fingerprint density at radius 3 is 2.29 bits per heavy atom. The third kappa shape index (κ3) is 4.52. The highest BCUT2D eigenvalue weighted by Gasteiger charge is 2.67. The average molecular weight is 624 g/mol. The van der Waals surface area contributed by atoms with Crippen molar-refractivity contribution in [3.63, 3.8) is 0 Å². The maximum Gasteiger partial charge on any atom is 0.255 e. The zero-order chi connectivity index (χ0) is 29.0. The van der Waals surface area contributed by atoms with Crippen LogP contribution >= 0.6 is 22.6 Å². The molecular formula is C22H23B5IN2O8. The van der Waals surface area contributed by atoms with Gasteiger partial charge in [0.2, 0.25) is 5.78 Å². The minimum Gasteiger partial charge on any atom is -0.508 e. The lowest BCUT2D eigenvalue weighted by Crippen LogP contribution is -2.70. The molecule has 10 nitrogen and oxygen atoms in total. The molecule has 3 unspecified atom stereocenters. The highest BCUT2D eigenvalue weighted by Crippen LogP contribution is 2.53. The van der Waals surface area contributed by atoms with Gasteiger partial charge in [0.1, 0.15) is 22.8 Å². The van der Waals surface area contributed by atoms with Crippen LogP contribution in [0.3, 0.4) is 0 Å². The van der Waals surface area contributed by atoms with Crippen LogP contribution in [0.5, 0.6) is 5.75 Å². The van der Waals surface area contributed by atoms with Crippen LogP contribution in [0, 0.1) is 22.3 Å². The topological polar surface area (TPSA) is 182 Å². The van der Waals surface area contributed by atoms with E-state index in [0.717, 1.165) is 0 Å². The van der Waals surface area contributed by atoms with E-state index in [1.807, 2.05) is 22.6 Å². The number of fused-ring (bicyclic) bond motifs is 3. The summed E-state index contributed by atoms with van der Waals surface area (Å²) in [5.41, 5.74) is 2.27. The first kappa shape index (κ1) is 30.4. The summed E-state index contributed by atoms with van der Waals surface area (Å²) in [5, 5.41) is 55.3. The van der Waals surface area contributed by atoms with E-state index in [9.17, 15) is 39.9 Å². The number of rotatable bonds is 3. The van der Waals surface area contributed by atoms with E-state index in [1.54, 1.807) is 13.0 Å². The van der Waals surface area contributed by atoms with Crippen molar-refractivity contribution in [2.45, 2.75) is 31.1 Å². The van der Waals surface area contributed by atoms with Crippen molar-refractivity contribution in [3.8, 4) is 5.75 Å². The van der Waals surface area contributed by atoms with E-state index in [2.05, 4.69) is 0 Å². The number of nitrogens with two attached hydrogens (primary N) is 1. The first-order valence-corrected chi connectivity index (χ1v) is 12.5. The van der Waals surface area contributed by atoms with E-state index in [1.165, 1.54) is 26.1 Å². The van der Waals surface area contributed by atoms with Gasteiger partial charge in [-0.3, -0.25) is 19.3 Å². The summed E-state index contributed by atoms with van der Waals surface area (Å²) in [6.07, 6.45) is -2.01. The van der Waals surface area contributed by atoms with Gasteiger partial charge in [-0.2, -0.15) is 0 Å². The number of aliphatic hydroxyl groups excluding tert-OH is 3. The van der Waals surface area contributed by atoms with E-state index in [0.29, 0.717) is 14.7 Å². The minimum absolute atomic E-state index is 0.00268. The summed E-state index contributed by atoms with van der Waals surface area (Å²) in [6.45, 7) is 1.76. The molecule has 0 heterocycles. The van der Waals surface area contributed by atoms with Gasteiger partial charge < -0.3 is 31.3 Å². The van der Waals surface area contributed by atoms with E-state index in [4.69, 9.17) is 28.9 Å². The van der Waals surface area contributed by atoms with Gasteiger partial charge >= 0.3 is 0 Å². The zero-order valence-electron chi connectivity index (χ0n) is 20.8. The fourth-order valence-corrected chi connectivity index (χ4v) is 6.21. The summed E-state index contributed by atoms with van der Waals surface area (Å²) < 4.78 is 0.421. The lowest BCUT2D eigenvalue weighted by molar-refractivity contribution is -0.168. The molecule has 1 aromatic carbocycles. The SMILES string of the molecule is Cc1cc(I)c(O)c2c1CC1C(=C2O)C(=O)[C@]2(O)C(O)=C(C(N)=O)C(=O)[C@@H](N(C)C)C2C1O.[B][B]B([B])[B]. The van der Waals surface area contributed by atoms with Crippen LogP contribution in [0.15, 0.2) is 23.0 Å². The summed E-state index contributed by atoms with van der Waals surface area (Å²) in [4.78, 5) is 40.0. The van der Waals surface area contributed by atoms with Crippen LogP contribution in [0.1, 0.15) is 16.7 Å². The number of aromatic hydroxyl groups is 1. The standard InChI is InChI=1S/C22H23IN2O8.B5/c1-6-4-9(23)16(27)10-7(6)5-8-11(17(10)28)19(30)22(33)13(15(8)26)14(25(2)3)18(29)12(20(22)31)21(24)32;1-4-5(2)3/h4,8,13-15,26-28,31,33H,5H2,1-3H3,(H2,24,32);/t8?,13?,14-,15?,22-;/m0./s1. The lowest BCUT2D eigenvalue weighted by Gasteiger charge is -2.52. The average Bonchev–Trinajstić information content (AvgIpc) is 2.82. The third-order valence-corrected chi connectivity index (χ3v) is 8.02. The van der Waals surface area contributed by atoms with Crippen molar-refractivity contribution in [2.75, 3.05) is 14.1 Å². The summed E-state index contributed by atoms with van der Waals surface area (Å²) >= 11 is 1.87. The number of ketones is 2. The van der Waals surface area contributed by atoms with Crippen LogP contribution in [0.25, 0.3) is 5.76 Å². The maximum atomic E-state index is 13.7. The van der Waals surface area contributed by atoms with Crippen LogP contribution in [0.4, 0.5) is 0 Å². The molecule has 3 aliphatic carbocycles. The monoisotopic (exact) mass is 625 g/mol. The highest BCUT2D eigenvalue weighted by molar-refractivity contribution is 14.1. The van der Waals surface area contributed by atoms with Crippen LogP contribution in [-0.4, -0.2) is 116 Å². The van der Waals surface area contributed by atoms with Gasteiger partial charge in [-0.25, -0.2) is 0 Å². The van der Waals surface area contributed by atoms with Crippen LogP contribution in [0.2, 0.25) is 0 Å². The van der Waals surface area contributed by atoms with Gasteiger partial charge in [-0.15, -0.1) is 0 Å². The smallest absolute Gasteiger partial charge is 0.255 e. The lowest BCUT2D eigenvalue weighted by atomic mass is 8.97. The van der Waals surface area contributed by atoms with Gasteiger partial charge in [-0.05, 0) is 67.2 Å². The van der Waals surface area contributed by atoms with Crippen LogP contribution < -0.4 is 5.73 Å². The predicted octanol–water partition coefficient (Wildman–Crippen LogP) is -2.06. The number of aryl methyl sites for hydroxylation is 1. The Bertz CT molecular complexity index is 1290. The molecule has 0 bridgehead atoms. The Hall–Kier alpha value is -2.16. The number of phenolic OH excluding ortho intramolecular Hbond substituents is 1. The molecule has 191 valence electrons. The minimum atomic E-state index is -2.89. The number of phenols is 1.